The van der Waals surface area contributed by atoms with Gasteiger partial charge in [0.1, 0.15) is 0 Å². The number of nitrogens with zero attached hydrogens (tertiary/aromatic N) is 4. The molecule has 0 atom stereocenters. The third kappa shape index (κ3) is 4.19. The average Bonchev–Trinajstić information content (AvgIpc) is 3.14. The molecule has 1 aromatic carbocycles. The van der Waals surface area contributed by atoms with Crippen LogP contribution >= 0.6 is 24.0 Å². The number of hydrogen-bond acceptors (Lipinski definition) is 4. The summed E-state index contributed by atoms with van der Waals surface area (Å²) in [6.45, 7) is 2.30. The molecule has 0 amide bonds. The van der Waals surface area contributed by atoms with Crippen molar-refractivity contribution in [2.45, 2.75) is 12.7 Å². The highest BCUT2D eigenvalue weighted by atomic mass is 127. The molecule has 0 unspecified atom stereocenters. The molecule has 0 saturated carbocycles. The van der Waals surface area contributed by atoms with Crippen molar-refractivity contribution in [3.8, 4) is 5.69 Å². The van der Waals surface area contributed by atoms with Crippen LogP contribution in [-0.4, -0.2) is 40.8 Å². The molecular formula is C15H17F3IN5. The third-order valence-corrected chi connectivity index (χ3v) is 3.59. The van der Waals surface area contributed by atoms with Crippen LogP contribution in [-0.2, 0) is 12.7 Å². The smallest absolute Gasteiger partial charge is 0.352 e. The molecule has 1 aliphatic rings. The molecule has 0 aliphatic carbocycles. The van der Waals surface area contributed by atoms with Gasteiger partial charge in [0.15, 0.2) is 11.7 Å². The summed E-state index contributed by atoms with van der Waals surface area (Å²) in [6, 6.07) is 8.15. The molecule has 0 spiro atoms. The number of rotatable bonds is 3. The van der Waals surface area contributed by atoms with Gasteiger partial charge in [0.2, 0.25) is 0 Å². The molecule has 9 heteroatoms. The summed E-state index contributed by atoms with van der Waals surface area (Å²) < 4.78 is 38.9. The Morgan fingerprint density at radius 3 is 2.42 bits per heavy atom. The van der Waals surface area contributed by atoms with Gasteiger partial charge in [-0.2, -0.15) is 18.3 Å². The van der Waals surface area contributed by atoms with Gasteiger partial charge in [-0.15, -0.1) is 24.0 Å². The SMILES string of the molecule is CN1CCN=C1NCc1ccc(-n2ccc(C(F)(F)F)n2)cc1.I. The minimum absolute atomic E-state index is 0. The van der Waals surface area contributed by atoms with E-state index in [0.717, 1.165) is 30.7 Å². The first-order valence-corrected chi connectivity index (χ1v) is 7.15. The van der Waals surface area contributed by atoms with E-state index in [4.69, 9.17) is 0 Å². The van der Waals surface area contributed by atoms with Crippen molar-refractivity contribution < 1.29 is 13.2 Å². The zero-order valence-corrected chi connectivity index (χ0v) is 15.2. The van der Waals surface area contributed by atoms with E-state index in [0.29, 0.717) is 12.2 Å². The lowest BCUT2D eigenvalue weighted by atomic mass is 10.2. The first kappa shape index (κ1) is 18.6. The highest BCUT2D eigenvalue weighted by Gasteiger charge is 2.33. The predicted molar refractivity (Wildman–Crippen MR) is 95.8 cm³/mol. The Bertz CT molecular complexity index is 709. The third-order valence-electron chi connectivity index (χ3n) is 3.59. The molecular weight excluding hydrogens is 434 g/mol. The Morgan fingerprint density at radius 2 is 1.88 bits per heavy atom. The standard InChI is InChI=1S/C15H16F3N5.HI/c1-22-9-7-19-14(22)20-10-11-2-4-12(5-3-11)23-8-6-13(21-23)15(16,17)18;/h2-6,8H,7,9-10H2,1H3,(H,19,20);1H. The monoisotopic (exact) mass is 451 g/mol. The largest absolute Gasteiger partial charge is 0.435 e. The van der Waals surface area contributed by atoms with Gasteiger partial charge in [-0.05, 0) is 23.8 Å². The van der Waals surface area contributed by atoms with Gasteiger partial charge in [0.25, 0.3) is 0 Å². The van der Waals surface area contributed by atoms with Gasteiger partial charge < -0.3 is 10.2 Å². The van der Waals surface area contributed by atoms with Crippen molar-refractivity contribution in [3.05, 3.63) is 47.8 Å². The fraction of sp³-hybridized carbons (Fsp3) is 0.333. The molecule has 2 aromatic rings. The minimum Gasteiger partial charge on any atom is -0.352 e. The second kappa shape index (κ2) is 7.41. The van der Waals surface area contributed by atoms with E-state index in [1.165, 1.54) is 10.9 Å². The number of benzene rings is 1. The molecule has 3 rings (SSSR count). The summed E-state index contributed by atoms with van der Waals surface area (Å²) in [5, 5.41) is 6.79. The van der Waals surface area contributed by atoms with Crippen molar-refractivity contribution in [2.24, 2.45) is 4.99 Å². The first-order chi connectivity index (χ1) is 10.9. The topological polar surface area (TPSA) is 45.5 Å². The molecule has 1 N–H and O–H groups in total. The van der Waals surface area contributed by atoms with Crippen molar-refractivity contribution in [1.82, 2.24) is 20.0 Å². The van der Waals surface area contributed by atoms with E-state index in [1.54, 1.807) is 12.1 Å². The number of likely N-dealkylation sites (N-methyl/N-ethyl adjacent to an activating group) is 1. The summed E-state index contributed by atoms with van der Waals surface area (Å²) in [6.07, 6.45) is -3.12. The van der Waals surface area contributed by atoms with E-state index in [-0.39, 0.29) is 24.0 Å². The molecule has 1 aromatic heterocycles. The van der Waals surface area contributed by atoms with E-state index in [2.05, 4.69) is 15.4 Å². The summed E-state index contributed by atoms with van der Waals surface area (Å²) in [4.78, 5) is 6.37. The lowest BCUT2D eigenvalue weighted by Crippen LogP contribution is -2.35. The van der Waals surface area contributed by atoms with Gasteiger partial charge in [0.05, 0.1) is 12.2 Å². The summed E-state index contributed by atoms with van der Waals surface area (Å²) in [5.74, 6) is 0.857. The van der Waals surface area contributed by atoms with Crippen LogP contribution in [0.15, 0.2) is 41.5 Å². The number of alkyl halides is 3. The molecule has 0 saturated heterocycles. The quantitative estimate of drug-likeness (QED) is 0.731. The molecule has 0 radical (unpaired) electrons. The van der Waals surface area contributed by atoms with Crippen molar-refractivity contribution in [3.63, 3.8) is 0 Å². The number of hydrogen-bond donors (Lipinski definition) is 1. The number of aliphatic imine (C=N–C) groups is 1. The van der Waals surface area contributed by atoms with Gasteiger partial charge in [-0.1, -0.05) is 12.1 Å². The van der Waals surface area contributed by atoms with Crippen LogP contribution in [0.5, 0.6) is 0 Å². The lowest BCUT2D eigenvalue weighted by Gasteiger charge is -2.15. The zero-order valence-electron chi connectivity index (χ0n) is 12.9. The summed E-state index contributed by atoms with van der Waals surface area (Å²) >= 11 is 0. The van der Waals surface area contributed by atoms with Crippen LogP contribution in [0.2, 0.25) is 0 Å². The van der Waals surface area contributed by atoms with Crippen molar-refractivity contribution >= 4 is 29.9 Å². The van der Waals surface area contributed by atoms with Gasteiger partial charge >= 0.3 is 6.18 Å². The van der Waals surface area contributed by atoms with E-state index in [1.807, 2.05) is 24.1 Å². The summed E-state index contributed by atoms with van der Waals surface area (Å²) in [7, 11) is 1.97. The van der Waals surface area contributed by atoms with Crippen LogP contribution in [0.4, 0.5) is 13.2 Å². The Morgan fingerprint density at radius 1 is 1.17 bits per heavy atom. The number of aromatic nitrogens is 2. The average molecular weight is 451 g/mol. The summed E-state index contributed by atoms with van der Waals surface area (Å²) in [5.41, 5.74) is 0.699. The Labute approximate surface area is 154 Å². The Balaban J connectivity index is 0.00000208. The van der Waals surface area contributed by atoms with Crippen LogP contribution in [0.25, 0.3) is 5.69 Å². The second-order valence-electron chi connectivity index (χ2n) is 5.29. The fourth-order valence-corrected chi connectivity index (χ4v) is 2.29. The van der Waals surface area contributed by atoms with Gasteiger partial charge in [0, 0.05) is 26.3 Å². The predicted octanol–water partition coefficient (Wildman–Crippen LogP) is 2.90. The van der Waals surface area contributed by atoms with Gasteiger partial charge in [-0.25, -0.2) is 4.68 Å². The number of nitrogens with one attached hydrogen (secondary N) is 1. The number of halogens is 4. The molecule has 2 heterocycles. The first-order valence-electron chi connectivity index (χ1n) is 7.15. The van der Waals surface area contributed by atoms with Crippen LogP contribution in [0.1, 0.15) is 11.3 Å². The molecule has 5 nitrogen and oxygen atoms in total. The van der Waals surface area contributed by atoms with Crippen LogP contribution in [0, 0.1) is 0 Å². The van der Waals surface area contributed by atoms with Crippen LogP contribution < -0.4 is 5.32 Å². The van der Waals surface area contributed by atoms with Crippen molar-refractivity contribution in [2.75, 3.05) is 20.1 Å². The maximum atomic E-state index is 12.6. The molecule has 130 valence electrons. The van der Waals surface area contributed by atoms with Gasteiger partial charge in [-0.3, -0.25) is 4.99 Å². The van der Waals surface area contributed by atoms with E-state index >= 15 is 0 Å². The minimum atomic E-state index is -4.43. The zero-order chi connectivity index (χ0) is 16.4. The molecule has 24 heavy (non-hydrogen) atoms. The molecule has 1 aliphatic heterocycles. The lowest BCUT2D eigenvalue weighted by molar-refractivity contribution is -0.141. The molecule has 0 bridgehead atoms. The molecule has 0 fully saturated rings. The van der Waals surface area contributed by atoms with Crippen molar-refractivity contribution in [1.29, 1.82) is 0 Å². The highest BCUT2D eigenvalue weighted by molar-refractivity contribution is 14.0. The maximum absolute atomic E-state index is 12.6. The fourth-order valence-electron chi connectivity index (χ4n) is 2.29. The maximum Gasteiger partial charge on any atom is 0.435 e. The van der Waals surface area contributed by atoms with E-state index < -0.39 is 11.9 Å². The highest BCUT2D eigenvalue weighted by Crippen LogP contribution is 2.27. The number of guanidine groups is 1. The van der Waals surface area contributed by atoms with Crippen LogP contribution in [0.3, 0.4) is 0 Å². The Hall–Kier alpha value is -1.78. The Kier molecular flexibility index (Phi) is 5.73. The van der Waals surface area contributed by atoms with E-state index in [9.17, 15) is 13.2 Å². The normalized spacial score (nSPS) is 14.3. The second-order valence-corrected chi connectivity index (χ2v) is 5.29.